The minimum absolute atomic E-state index is 0.107. The maximum absolute atomic E-state index is 12.7. The molecule has 0 aliphatic carbocycles. The number of methoxy groups -OCH3 is 1. The Labute approximate surface area is 250 Å². The zero-order valence-electron chi connectivity index (χ0n) is 24.9. The first-order valence-electron chi connectivity index (χ1n) is 14.8. The van der Waals surface area contributed by atoms with E-state index in [4.69, 9.17) is 18.9 Å². The number of amides is 1. The molecule has 0 atom stereocenters. The van der Waals surface area contributed by atoms with Crippen LogP contribution in [-0.2, 0) is 9.53 Å². The molecule has 3 aromatic heterocycles. The molecule has 1 aromatic carbocycles. The van der Waals surface area contributed by atoms with Crippen molar-refractivity contribution in [1.29, 1.82) is 0 Å². The highest BCUT2D eigenvalue weighted by atomic mass is 16.5. The Morgan fingerprint density at radius 3 is 2.58 bits per heavy atom. The molecule has 2 fully saturated rings. The first kappa shape index (κ1) is 28.7. The number of H-pyrrole nitrogens is 1. The highest BCUT2D eigenvalue weighted by molar-refractivity contribution is 5.87. The summed E-state index contributed by atoms with van der Waals surface area (Å²) in [5, 5.41) is 4.81. The molecule has 7 rings (SSSR count). The molecule has 1 amide bonds. The van der Waals surface area contributed by atoms with Crippen molar-refractivity contribution in [2.75, 3.05) is 46.6 Å². The van der Waals surface area contributed by atoms with Crippen molar-refractivity contribution in [2.45, 2.75) is 39.5 Å². The van der Waals surface area contributed by atoms with Crippen LogP contribution in [0.2, 0.25) is 0 Å². The lowest BCUT2D eigenvalue weighted by Crippen LogP contribution is -2.52. The fourth-order valence-electron chi connectivity index (χ4n) is 5.64. The van der Waals surface area contributed by atoms with Gasteiger partial charge in [0, 0.05) is 47.9 Å². The average Bonchev–Trinajstić information content (AvgIpc) is 3.63. The monoisotopic (exact) mass is 586 g/mol. The van der Waals surface area contributed by atoms with Gasteiger partial charge in [0.1, 0.15) is 17.7 Å². The van der Waals surface area contributed by atoms with Crippen LogP contribution in [0.5, 0.6) is 23.1 Å². The molecule has 0 unspecified atom stereocenters. The summed E-state index contributed by atoms with van der Waals surface area (Å²) < 4.78 is 23.0. The number of allylic oxidation sites excluding steroid dienone is 1. The predicted molar refractivity (Wildman–Crippen MR) is 163 cm³/mol. The first-order valence-corrected chi connectivity index (χ1v) is 14.8. The minimum Gasteiger partial charge on any atom is -0.493 e. The number of rotatable bonds is 7. The quantitative estimate of drug-likeness (QED) is 0.311. The Kier molecular flexibility index (Phi) is 8.33. The summed E-state index contributed by atoms with van der Waals surface area (Å²) in [5.74, 6) is 2.09. The summed E-state index contributed by atoms with van der Waals surface area (Å²) in [6, 6.07) is 7.49. The summed E-state index contributed by atoms with van der Waals surface area (Å²) in [6.45, 7) is 8.69. The lowest BCUT2D eigenvalue weighted by Gasteiger charge is -2.47. The number of ether oxygens (including phenoxy) is 4. The number of aryl methyl sites for hydroxylation is 1. The van der Waals surface area contributed by atoms with E-state index in [9.17, 15) is 4.79 Å². The van der Waals surface area contributed by atoms with Gasteiger partial charge in [-0.05, 0) is 51.3 Å². The van der Waals surface area contributed by atoms with Crippen LogP contribution >= 0.6 is 0 Å². The summed E-state index contributed by atoms with van der Waals surface area (Å²) >= 11 is 0. The van der Waals surface area contributed by atoms with Crippen molar-refractivity contribution in [3.8, 4) is 23.1 Å². The van der Waals surface area contributed by atoms with Gasteiger partial charge in [-0.3, -0.25) is 4.79 Å². The summed E-state index contributed by atoms with van der Waals surface area (Å²) in [7, 11) is 1.57. The fraction of sp³-hybridized carbons (Fsp3) is 0.438. The average molecular weight is 587 g/mol. The molecule has 2 saturated heterocycles. The molecular weight excluding hydrogens is 548 g/mol. The van der Waals surface area contributed by atoms with Crippen LogP contribution in [0.3, 0.4) is 0 Å². The molecule has 3 aliphatic heterocycles. The highest BCUT2D eigenvalue weighted by Gasteiger charge is 2.41. The van der Waals surface area contributed by atoms with Gasteiger partial charge in [-0.2, -0.15) is 0 Å². The lowest BCUT2D eigenvalue weighted by atomic mass is 9.77. The second kappa shape index (κ2) is 12.5. The Morgan fingerprint density at radius 1 is 1.07 bits per heavy atom. The summed E-state index contributed by atoms with van der Waals surface area (Å²) in [5.41, 5.74) is 4.11. The number of carbonyl (C=O) groups excluding carboxylic acids is 1. The molecule has 0 radical (unpaired) electrons. The molecule has 11 heteroatoms. The zero-order valence-corrected chi connectivity index (χ0v) is 24.9. The van der Waals surface area contributed by atoms with Gasteiger partial charge in [0.25, 0.3) is 0 Å². The van der Waals surface area contributed by atoms with E-state index < -0.39 is 0 Å². The summed E-state index contributed by atoms with van der Waals surface area (Å²) in [4.78, 5) is 31.0. The Morgan fingerprint density at radius 2 is 1.91 bits per heavy atom. The topological polar surface area (TPSA) is 124 Å². The minimum atomic E-state index is 0.107. The number of likely N-dealkylation sites (tertiary alicyclic amines) is 1. The van der Waals surface area contributed by atoms with Gasteiger partial charge >= 0.3 is 0 Å². The highest BCUT2D eigenvalue weighted by Crippen LogP contribution is 2.39. The van der Waals surface area contributed by atoms with E-state index in [0.29, 0.717) is 45.9 Å². The number of benzene rings is 1. The molecule has 1 spiro atoms. The number of nitrogens with zero attached hydrogens (tertiary/aromatic N) is 4. The maximum Gasteiger partial charge on any atom is 0.230 e. The molecule has 11 nitrogen and oxygen atoms in total. The second-order valence-corrected chi connectivity index (χ2v) is 11.4. The molecule has 6 heterocycles. The lowest BCUT2D eigenvalue weighted by molar-refractivity contribution is -0.153. The predicted octanol–water partition coefficient (Wildman–Crippen LogP) is 4.91. The van der Waals surface area contributed by atoms with Gasteiger partial charge in [0.15, 0.2) is 11.5 Å². The Bertz CT molecular complexity index is 1640. The number of carbonyl (C=O) groups is 1. The number of aromatic amines is 1. The van der Waals surface area contributed by atoms with Gasteiger partial charge in [0.05, 0.1) is 50.5 Å². The van der Waals surface area contributed by atoms with Crippen LogP contribution in [-0.4, -0.2) is 77.3 Å². The van der Waals surface area contributed by atoms with Gasteiger partial charge in [-0.25, -0.2) is 15.0 Å². The second-order valence-electron chi connectivity index (χ2n) is 11.4. The number of hydrogen-bond donors (Lipinski definition) is 2. The molecule has 0 saturated carbocycles. The largest absolute Gasteiger partial charge is 0.493 e. The van der Waals surface area contributed by atoms with Gasteiger partial charge in [-0.1, -0.05) is 6.08 Å². The third kappa shape index (κ3) is 6.51. The van der Waals surface area contributed by atoms with Gasteiger partial charge in [0.2, 0.25) is 11.8 Å². The van der Waals surface area contributed by atoms with Crippen molar-refractivity contribution < 1.29 is 23.7 Å². The number of pyridine rings is 1. The van der Waals surface area contributed by atoms with E-state index in [2.05, 4.69) is 38.3 Å². The smallest absolute Gasteiger partial charge is 0.230 e. The van der Waals surface area contributed by atoms with Crippen LogP contribution in [0.1, 0.15) is 38.3 Å². The van der Waals surface area contributed by atoms with Crippen molar-refractivity contribution in [3.05, 3.63) is 54.3 Å². The van der Waals surface area contributed by atoms with E-state index >= 15 is 0 Å². The summed E-state index contributed by atoms with van der Waals surface area (Å²) in [6.07, 6.45) is 8.84. The van der Waals surface area contributed by atoms with Crippen LogP contribution in [0, 0.1) is 12.3 Å². The SMILES string of the molecule is CC1=CCCN1.COc1cc2c(Oc3cnc4[nH]c(C)cc4c3)ncnc2cc1OCCC(=O)N1CCC2(CC1)COC2. The third-order valence-electron chi connectivity index (χ3n) is 8.24. The number of aromatic nitrogens is 4. The Hall–Kier alpha value is -4.38. The van der Waals surface area contributed by atoms with E-state index in [1.807, 2.05) is 24.0 Å². The van der Waals surface area contributed by atoms with Gasteiger partial charge in [-0.15, -0.1) is 0 Å². The third-order valence-corrected chi connectivity index (χ3v) is 8.24. The molecule has 0 bridgehead atoms. The number of nitrogens with one attached hydrogen (secondary N) is 2. The van der Waals surface area contributed by atoms with E-state index in [1.54, 1.807) is 25.4 Å². The van der Waals surface area contributed by atoms with Crippen molar-refractivity contribution >= 4 is 27.8 Å². The molecule has 43 heavy (non-hydrogen) atoms. The normalized spacial score (nSPS) is 17.1. The molecule has 2 N–H and O–H groups in total. The molecular formula is C32H38N6O5. The van der Waals surface area contributed by atoms with Crippen molar-refractivity contribution in [2.24, 2.45) is 5.41 Å². The van der Waals surface area contributed by atoms with Crippen LogP contribution in [0.25, 0.3) is 21.9 Å². The molecule has 4 aromatic rings. The number of piperidine rings is 1. The van der Waals surface area contributed by atoms with Crippen LogP contribution in [0.15, 0.2) is 48.6 Å². The fourth-order valence-corrected chi connectivity index (χ4v) is 5.64. The first-order chi connectivity index (χ1) is 20.9. The molecule has 226 valence electrons. The van der Waals surface area contributed by atoms with Crippen LogP contribution < -0.4 is 19.5 Å². The Balaban J connectivity index is 0.000000491. The van der Waals surface area contributed by atoms with Crippen LogP contribution in [0.4, 0.5) is 0 Å². The zero-order chi connectivity index (χ0) is 29.8. The van der Waals surface area contributed by atoms with Crippen molar-refractivity contribution in [1.82, 2.24) is 30.2 Å². The van der Waals surface area contributed by atoms with E-state index in [0.717, 1.165) is 62.4 Å². The van der Waals surface area contributed by atoms with Gasteiger partial charge < -0.3 is 34.1 Å². The van der Waals surface area contributed by atoms with E-state index in [1.165, 1.54) is 18.4 Å². The van der Waals surface area contributed by atoms with E-state index in [-0.39, 0.29) is 12.5 Å². The van der Waals surface area contributed by atoms with Crippen molar-refractivity contribution in [3.63, 3.8) is 0 Å². The number of hydrogen-bond acceptors (Lipinski definition) is 9. The molecule has 3 aliphatic rings. The number of fused-ring (bicyclic) bond motifs is 2. The standard InChI is InChI=1S/C27H29N5O5.C5H9N/c1-17-9-18-10-19(13-28-25(18)31-17)37-26-20-11-22(34-2)23(12-21(20)29-16-30-26)36-8-3-24(33)32-6-4-27(5-7-32)14-35-15-27;1-5-3-2-4-6-5/h9-13,16H,3-8,14-15H2,1-2H3,(H,28,31);3,6H,2,4H2,1H3. The maximum atomic E-state index is 12.7.